The Hall–Kier alpha value is -1.79. The highest BCUT2D eigenvalue weighted by molar-refractivity contribution is 5.86. The van der Waals surface area contributed by atoms with Crippen LogP contribution in [0.1, 0.15) is 19.8 Å². The van der Waals surface area contributed by atoms with Crippen LogP contribution in [0.25, 0.3) is 0 Å². The molecule has 0 saturated carbocycles. The second-order valence-corrected chi connectivity index (χ2v) is 5.03. The molecule has 2 N–H and O–H groups in total. The summed E-state index contributed by atoms with van der Waals surface area (Å²) >= 11 is 0. The van der Waals surface area contributed by atoms with Crippen LogP contribution in [0, 0.1) is 5.92 Å². The Bertz CT molecular complexity index is 370. The summed E-state index contributed by atoms with van der Waals surface area (Å²) in [4.78, 5) is 37.4. The molecule has 0 radical (unpaired) electrons. The summed E-state index contributed by atoms with van der Waals surface area (Å²) in [6.45, 7) is 2.33. The number of carbonyl (C=O) groups is 3. The van der Waals surface area contributed by atoms with E-state index in [1.54, 1.807) is 21.0 Å². The summed E-state index contributed by atoms with van der Waals surface area (Å²) in [5, 5.41) is 11.6. The first-order valence-corrected chi connectivity index (χ1v) is 6.32. The molecule has 1 saturated heterocycles. The molecular formula is C12H21N3O4. The van der Waals surface area contributed by atoms with Crippen molar-refractivity contribution < 1.29 is 19.5 Å². The Kier molecular flexibility index (Phi) is 5.14. The van der Waals surface area contributed by atoms with Gasteiger partial charge in [0.1, 0.15) is 6.04 Å². The van der Waals surface area contributed by atoms with Crippen LogP contribution in [-0.4, -0.2) is 66.0 Å². The fraction of sp³-hybridized carbons (Fsp3) is 0.750. The van der Waals surface area contributed by atoms with Crippen LogP contribution in [0.3, 0.4) is 0 Å². The number of likely N-dealkylation sites (tertiary alicyclic amines) is 1. The molecule has 1 unspecified atom stereocenters. The van der Waals surface area contributed by atoms with Crippen molar-refractivity contribution in [2.45, 2.75) is 25.8 Å². The van der Waals surface area contributed by atoms with Crippen LogP contribution in [0.5, 0.6) is 0 Å². The SMILES string of the molecule is CC(NC(=O)N1CCC[C@H](C(=O)O)C1)C(=O)N(C)C. The fourth-order valence-electron chi connectivity index (χ4n) is 2.09. The number of aliphatic carboxylic acids is 1. The maximum absolute atomic E-state index is 12.0. The largest absolute Gasteiger partial charge is 0.481 e. The van der Waals surface area contributed by atoms with E-state index in [9.17, 15) is 14.4 Å². The summed E-state index contributed by atoms with van der Waals surface area (Å²) in [5.41, 5.74) is 0. The van der Waals surface area contributed by atoms with Gasteiger partial charge < -0.3 is 20.2 Å². The third kappa shape index (κ3) is 4.11. The Morgan fingerprint density at radius 3 is 2.53 bits per heavy atom. The summed E-state index contributed by atoms with van der Waals surface area (Å²) in [7, 11) is 3.23. The third-order valence-electron chi connectivity index (χ3n) is 3.21. The van der Waals surface area contributed by atoms with Gasteiger partial charge in [-0.15, -0.1) is 0 Å². The number of piperidine rings is 1. The molecule has 1 aliphatic heterocycles. The summed E-state index contributed by atoms with van der Waals surface area (Å²) in [6, 6.07) is -0.999. The second-order valence-electron chi connectivity index (χ2n) is 5.03. The zero-order valence-corrected chi connectivity index (χ0v) is 11.5. The van der Waals surface area contributed by atoms with E-state index < -0.39 is 17.9 Å². The third-order valence-corrected chi connectivity index (χ3v) is 3.21. The molecule has 1 aliphatic rings. The van der Waals surface area contributed by atoms with Gasteiger partial charge in [-0.1, -0.05) is 0 Å². The van der Waals surface area contributed by atoms with Gasteiger partial charge in [-0.3, -0.25) is 9.59 Å². The highest BCUT2D eigenvalue weighted by atomic mass is 16.4. The quantitative estimate of drug-likeness (QED) is 0.754. The van der Waals surface area contributed by atoms with Crippen molar-refractivity contribution in [1.29, 1.82) is 0 Å². The number of hydrogen-bond acceptors (Lipinski definition) is 3. The molecule has 0 aromatic rings. The molecule has 1 fully saturated rings. The minimum absolute atomic E-state index is 0.194. The van der Waals surface area contributed by atoms with E-state index >= 15 is 0 Å². The van der Waals surface area contributed by atoms with Gasteiger partial charge in [0.05, 0.1) is 5.92 Å². The molecule has 7 heteroatoms. The Morgan fingerprint density at radius 2 is 2.00 bits per heavy atom. The normalized spacial score (nSPS) is 20.6. The molecular weight excluding hydrogens is 250 g/mol. The zero-order chi connectivity index (χ0) is 14.6. The highest BCUT2D eigenvalue weighted by Crippen LogP contribution is 2.16. The van der Waals surface area contributed by atoms with Crippen LogP contribution in [0.2, 0.25) is 0 Å². The minimum Gasteiger partial charge on any atom is -0.481 e. The molecule has 1 heterocycles. The van der Waals surface area contributed by atoms with E-state index in [4.69, 9.17) is 5.11 Å². The summed E-state index contributed by atoms with van der Waals surface area (Å²) in [5.74, 6) is -1.59. The van der Waals surface area contributed by atoms with E-state index in [1.807, 2.05) is 0 Å². The smallest absolute Gasteiger partial charge is 0.318 e. The molecule has 0 spiro atoms. The number of nitrogens with zero attached hydrogens (tertiary/aromatic N) is 2. The van der Waals surface area contributed by atoms with Crippen LogP contribution < -0.4 is 5.32 Å². The summed E-state index contributed by atoms with van der Waals surface area (Å²) in [6.07, 6.45) is 1.26. The van der Waals surface area contributed by atoms with E-state index in [2.05, 4.69) is 5.32 Å². The van der Waals surface area contributed by atoms with Crippen LogP contribution in [0.4, 0.5) is 4.79 Å². The molecule has 7 nitrogen and oxygen atoms in total. The average Bonchev–Trinajstić information content (AvgIpc) is 2.37. The van der Waals surface area contributed by atoms with E-state index in [0.29, 0.717) is 19.4 Å². The Balaban J connectivity index is 2.53. The molecule has 1 rings (SSSR count). The monoisotopic (exact) mass is 271 g/mol. The number of rotatable bonds is 3. The lowest BCUT2D eigenvalue weighted by atomic mass is 9.99. The first-order valence-electron chi connectivity index (χ1n) is 6.32. The van der Waals surface area contributed by atoms with Gasteiger partial charge in [-0.05, 0) is 19.8 Å². The zero-order valence-electron chi connectivity index (χ0n) is 11.5. The lowest BCUT2D eigenvalue weighted by Crippen LogP contribution is -2.52. The first-order chi connectivity index (χ1) is 8.82. The number of carboxylic acid groups (broad SMARTS) is 1. The van der Waals surface area contributed by atoms with Crippen LogP contribution >= 0.6 is 0 Å². The molecule has 0 bridgehead atoms. The number of carbonyl (C=O) groups excluding carboxylic acids is 2. The predicted molar refractivity (Wildman–Crippen MR) is 68.6 cm³/mol. The predicted octanol–water partition coefficient (Wildman–Crippen LogP) is -0.0307. The fourth-order valence-corrected chi connectivity index (χ4v) is 2.09. The van der Waals surface area contributed by atoms with Crippen molar-refractivity contribution in [3.63, 3.8) is 0 Å². The number of nitrogens with one attached hydrogen (secondary N) is 1. The number of carboxylic acids is 1. The van der Waals surface area contributed by atoms with E-state index in [0.717, 1.165) is 0 Å². The maximum atomic E-state index is 12.0. The molecule has 2 atom stereocenters. The maximum Gasteiger partial charge on any atom is 0.318 e. The van der Waals surface area contributed by atoms with Crippen molar-refractivity contribution in [2.75, 3.05) is 27.2 Å². The van der Waals surface area contributed by atoms with Gasteiger partial charge in [0.2, 0.25) is 5.91 Å². The number of likely N-dealkylation sites (N-methyl/N-ethyl adjacent to an activating group) is 1. The second kappa shape index (κ2) is 6.40. The van der Waals surface area contributed by atoms with Crippen molar-refractivity contribution in [3.05, 3.63) is 0 Å². The van der Waals surface area contributed by atoms with Gasteiger partial charge >= 0.3 is 12.0 Å². The van der Waals surface area contributed by atoms with Gasteiger partial charge in [-0.25, -0.2) is 4.79 Å². The molecule has 108 valence electrons. The summed E-state index contributed by atoms with van der Waals surface area (Å²) < 4.78 is 0. The van der Waals surface area contributed by atoms with E-state index in [1.165, 1.54) is 9.80 Å². The van der Waals surface area contributed by atoms with Gasteiger partial charge in [0, 0.05) is 27.2 Å². The molecule has 19 heavy (non-hydrogen) atoms. The highest BCUT2D eigenvalue weighted by Gasteiger charge is 2.29. The van der Waals surface area contributed by atoms with Crippen LogP contribution in [0.15, 0.2) is 0 Å². The van der Waals surface area contributed by atoms with Gasteiger partial charge in [-0.2, -0.15) is 0 Å². The van der Waals surface area contributed by atoms with Crippen molar-refractivity contribution in [1.82, 2.24) is 15.1 Å². The lowest BCUT2D eigenvalue weighted by Gasteiger charge is -2.31. The van der Waals surface area contributed by atoms with Crippen molar-refractivity contribution in [2.24, 2.45) is 5.92 Å². The van der Waals surface area contributed by atoms with Gasteiger partial charge in [0.15, 0.2) is 0 Å². The van der Waals surface area contributed by atoms with Crippen LogP contribution in [-0.2, 0) is 9.59 Å². The molecule has 3 amide bonds. The molecule has 0 aromatic heterocycles. The minimum atomic E-state index is -0.880. The van der Waals surface area contributed by atoms with Crippen molar-refractivity contribution in [3.8, 4) is 0 Å². The Labute approximate surface area is 112 Å². The van der Waals surface area contributed by atoms with E-state index in [-0.39, 0.29) is 18.5 Å². The molecule has 0 aromatic carbocycles. The topological polar surface area (TPSA) is 90.0 Å². The number of urea groups is 1. The van der Waals surface area contributed by atoms with Gasteiger partial charge in [0.25, 0.3) is 0 Å². The standard InChI is InChI=1S/C12H21N3O4/c1-8(10(16)14(2)3)13-12(19)15-6-4-5-9(7-15)11(17)18/h8-9H,4-7H2,1-3H3,(H,13,19)(H,17,18)/t8?,9-/m0/s1. The van der Waals surface area contributed by atoms with Crippen molar-refractivity contribution >= 4 is 17.9 Å². The molecule has 0 aliphatic carbocycles. The number of hydrogen-bond donors (Lipinski definition) is 2. The lowest BCUT2D eigenvalue weighted by molar-refractivity contribution is -0.143. The first kappa shape index (κ1) is 15.3. The average molecular weight is 271 g/mol. The number of amides is 3. The Morgan fingerprint density at radius 1 is 1.37 bits per heavy atom.